The molecule has 3 heterocycles. The molecule has 0 spiro atoms. The van der Waals surface area contributed by atoms with Crippen molar-refractivity contribution in [2.24, 2.45) is 0 Å². The number of anilines is 1. The van der Waals surface area contributed by atoms with Crippen LogP contribution in [0, 0.1) is 0 Å². The van der Waals surface area contributed by atoms with Crippen molar-refractivity contribution in [3.05, 3.63) is 66.2 Å². The Morgan fingerprint density at radius 3 is 2.76 bits per heavy atom. The molecule has 0 aliphatic heterocycles. The van der Waals surface area contributed by atoms with E-state index in [1.807, 2.05) is 6.07 Å². The first-order valence-corrected chi connectivity index (χ1v) is 10.1. The van der Waals surface area contributed by atoms with E-state index in [0.29, 0.717) is 17.0 Å². The number of aromatic carboxylic acids is 1. The molecule has 33 heavy (non-hydrogen) atoms. The van der Waals surface area contributed by atoms with Crippen molar-refractivity contribution in [1.29, 1.82) is 0 Å². The minimum absolute atomic E-state index is 0.0212. The minimum atomic E-state index is -1.10. The lowest BCUT2D eigenvalue weighted by atomic mass is 10.1. The Morgan fingerprint density at radius 2 is 1.97 bits per heavy atom. The first kappa shape index (κ1) is 21.7. The van der Waals surface area contributed by atoms with Gasteiger partial charge in [0.15, 0.2) is 5.65 Å². The molecule has 1 amide bonds. The molecule has 0 saturated carbocycles. The molecule has 11 heteroatoms. The van der Waals surface area contributed by atoms with Gasteiger partial charge >= 0.3 is 11.9 Å². The van der Waals surface area contributed by atoms with Gasteiger partial charge in [-0.25, -0.2) is 19.1 Å². The lowest BCUT2D eigenvalue weighted by Gasteiger charge is -2.09. The molecule has 168 valence electrons. The number of hydrogen-bond donors (Lipinski definition) is 2. The van der Waals surface area contributed by atoms with E-state index in [1.165, 1.54) is 23.1 Å². The number of amides is 1. The molecular formula is C22H20N6O5. The van der Waals surface area contributed by atoms with E-state index < -0.39 is 11.9 Å². The van der Waals surface area contributed by atoms with Crippen molar-refractivity contribution in [2.45, 2.75) is 19.9 Å². The average molecular weight is 448 g/mol. The third kappa shape index (κ3) is 4.56. The van der Waals surface area contributed by atoms with Crippen LogP contribution < -0.4 is 5.32 Å². The minimum Gasteiger partial charge on any atom is -0.477 e. The van der Waals surface area contributed by atoms with Crippen LogP contribution in [0.4, 0.5) is 5.69 Å². The Bertz CT molecular complexity index is 1340. The quantitative estimate of drug-likeness (QED) is 0.392. The van der Waals surface area contributed by atoms with Gasteiger partial charge in [-0.1, -0.05) is 12.1 Å². The highest BCUT2D eigenvalue weighted by Gasteiger charge is 2.17. The molecule has 0 aliphatic rings. The number of aromatic nitrogens is 5. The van der Waals surface area contributed by atoms with Crippen molar-refractivity contribution in [3.8, 4) is 11.3 Å². The van der Waals surface area contributed by atoms with Crippen molar-refractivity contribution in [3.63, 3.8) is 0 Å². The zero-order valence-electron chi connectivity index (χ0n) is 17.6. The molecule has 4 rings (SSSR count). The van der Waals surface area contributed by atoms with Crippen LogP contribution in [0.15, 0.2) is 55.0 Å². The summed E-state index contributed by atoms with van der Waals surface area (Å²) in [5.41, 5.74) is 2.64. The molecule has 0 saturated heterocycles. The van der Waals surface area contributed by atoms with E-state index in [-0.39, 0.29) is 36.7 Å². The van der Waals surface area contributed by atoms with Crippen LogP contribution in [-0.2, 0) is 16.1 Å². The molecule has 0 unspecified atom stereocenters. The summed E-state index contributed by atoms with van der Waals surface area (Å²) in [4.78, 5) is 40.0. The van der Waals surface area contributed by atoms with Crippen LogP contribution in [-0.4, -0.2) is 53.9 Å². The van der Waals surface area contributed by atoms with E-state index in [0.717, 1.165) is 5.56 Å². The van der Waals surface area contributed by atoms with Crippen LogP contribution in [0.5, 0.6) is 0 Å². The lowest BCUT2D eigenvalue weighted by molar-refractivity contribution is -0.116. The number of esters is 1. The number of carbonyl (C=O) groups excluding carboxylic acids is 2. The zero-order chi connectivity index (χ0) is 23.4. The first-order valence-electron chi connectivity index (χ1n) is 10.1. The number of nitrogens with zero attached hydrogens (tertiary/aromatic N) is 5. The predicted octanol–water partition coefficient (Wildman–Crippen LogP) is 2.50. The fourth-order valence-electron chi connectivity index (χ4n) is 3.34. The summed E-state index contributed by atoms with van der Waals surface area (Å²) < 4.78 is 7.86. The van der Waals surface area contributed by atoms with Crippen LogP contribution >= 0.6 is 0 Å². The summed E-state index contributed by atoms with van der Waals surface area (Å²) in [7, 11) is 0. The van der Waals surface area contributed by atoms with Crippen LogP contribution in [0.25, 0.3) is 16.9 Å². The summed E-state index contributed by atoms with van der Waals surface area (Å²) in [5.74, 6) is -1.89. The maximum Gasteiger partial charge on any atom is 0.354 e. The second-order valence-electron chi connectivity index (χ2n) is 6.97. The zero-order valence-corrected chi connectivity index (χ0v) is 17.6. The maximum absolute atomic E-state index is 12.4. The topological polar surface area (TPSA) is 141 Å². The number of carboxylic acid groups (broad SMARTS) is 1. The lowest BCUT2D eigenvalue weighted by Crippen LogP contribution is -2.17. The second-order valence-corrected chi connectivity index (χ2v) is 6.97. The molecule has 0 atom stereocenters. The fourth-order valence-corrected chi connectivity index (χ4v) is 3.34. The highest BCUT2D eigenvalue weighted by molar-refractivity contribution is 5.96. The molecule has 0 bridgehead atoms. The van der Waals surface area contributed by atoms with Gasteiger partial charge in [0, 0.05) is 30.1 Å². The normalized spacial score (nSPS) is 10.8. The third-order valence-electron chi connectivity index (χ3n) is 4.83. The summed E-state index contributed by atoms with van der Waals surface area (Å²) in [5, 5.41) is 20.1. The SMILES string of the molecule is CCOC(=O)c1cnn2c(-c3cccc(NC(=O)CCn4nccc4C(=O)O)c3)ccnc12. The highest BCUT2D eigenvalue weighted by atomic mass is 16.5. The molecule has 4 aromatic rings. The Hall–Kier alpha value is -4.54. The summed E-state index contributed by atoms with van der Waals surface area (Å²) >= 11 is 0. The van der Waals surface area contributed by atoms with Gasteiger partial charge in [0.25, 0.3) is 0 Å². The van der Waals surface area contributed by atoms with Crippen molar-refractivity contribution < 1.29 is 24.2 Å². The van der Waals surface area contributed by atoms with Gasteiger partial charge in [-0.15, -0.1) is 0 Å². The number of benzene rings is 1. The van der Waals surface area contributed by atoms with Crippen molar-refractivity contribution in [1.82, 2.24) is 24.4 Å². The van der Waals surface area contributed by atoms with E-state index in [2.05, 4.69) is 20.5 Å². The number of nitrogens with one attached hydrogen (secondary N) is 1. The van der Waals surface area contributed by atoms with Gasteiger partial charge in [-0.3, -0.25) is 9.48 Å². The van der Waals surface area contributed by atoms with Crippen molar-refractivity contribution in [2.75, 3.05) is 11.9 Å². The smallest absolute Gasteiger partial charge is 0.354 e. The maximum atomic E-state index is 12.4. The predicted molar refractivity (Wildman–Crippen MR) is 117 cm³/mol. The second kappa shape index (κ2) is 9.30. The summed E-state index contributed by atoms with van der Waals surface area (Å²) in [6.45, 7) is 2.10. The number of rotatable bonds is 8. The Labute approximate surface area is 187 Å². The molecule has 1 aromatic carbocycles. The standard InChI is InChI=1S/C22H20N6O5/c1-2-33-22(32)16-13-25-28-17(6-9-23-20(16)28)14-4-3-5-15(12-14)26-19(29)8-11-27-18(21(30)31)7-10-24-27/h3-7,9-10,12-13H,2,8,11H2,1H3,(H,26,29)(H,30,31). The van der Waals surface area contributed by atoms with Gasteiger partial charge in [0.05, 0.1) is 25.0 Å². The fraction of sp³-hybridized carbons (Fsp3) is 0.182. The Morgan fingerprint density at radius 1 is 1.12 bits per heavy atom. The van der Waals surface area contributed by atoms with Gasteiger partial charge in [-0.2, -0.15) is 10.2 Å². The molecular weight excluding hydrogens is 428 g/mol. The number of ether oxygens (including phenoxy) is 1. The number of fused-ring (bicyclic) bond motifs is 1. The third-order valence-corrected chi connectivity index (χ3v) is 4.83. The number of carbonyl (C=O) groups is 3. The largest absolute Gasteiger partial charge is 0.477 e. The van der Waals surface area contributed by atoms with Gasteiger partial charge in [0.2, 0.25) is 5.91 Å². The van der Waals surface area contributed by atoms with E-state index in [9.17, 15) is 14.4 Å². The van der Waals surface area contributed by atoms with Gasteiger partial charge in [0.1, 0.15) is 11.3 Å². The molecule has 0 radical (unpaired) electrons. The monoisotopic (exact) mass is 448 g/mol. The summed E-state index contributed by atoms with van der Waals surface area (Å²) in [6, 6.07) is 10.3. The Kier molecular flexibility index (Phi) is 6.11. The van der Waals surface area contributed by atoms with E-state index in [1.54, 1.807) is 41.9 Å². The van der Waals surface area contributed by atoms with Crippen molar-refractivity contribution >= 4 is 29.2 Å². The summed E-state index contributed by atoms with van der Waals surface area (Å²) in [6.07, 6.45) is 4.41. The molecule has 0 aliphatic carbocycles. The van der Waals surface area contributed by atoms with Crippen LogP contribution in [0.2, 0.25) is 0 Å². The van der Waals surface area contributed by atoms with E-state index in [4.69, 9.17) is 9.84 Å². The first-order chi connectivity index (χ1) is 16.0. The molecule has 11 nitrogen and oxygen atoms in total. The molecule has 0 fully saturated rings. The molecule has 2 N–H and O–H groups in total. The average Bonchev–Trinajstić information content (AvgIpc) is 3.45. The van der Waals surface area contributed by atoms with E-state index >= 15 is 0 Å². The number of carboxylic acids is 1. The van der Waals surface area contributed by atoms with Crippen LogP contribution in [0.3, 0.4) is 0 Å². The molecule has 3 aromatic heterocycles. The highest BCUT2D eigenvalue weighted by Crippen LogP contribution is 2.24. The number of hydrogen-bond acceptors (Lipinski definition) is 7. The van der Waals surface area contributed by atoms with Gasteiger partial charge in [-0.05, 0) is 31.2 Å². The Balaban J connectivity index is 1.52. The number of aryl methyl sites for hydroxylation is 1. The van der Waals surface area contributed by atoms with Crippen LogP contribution in [0.1, 0.15) is 34.2 Å². The van der Waals surface area contributed by atoms with Gasteiger partial charge < -0.3 is 15.2 Å².